The van der Waals surface area contributed by atoms with E-state index in [0.29, 0.717) is 5.56 Å². The van der Waals surface area contributed by atoms with E-state index in [4.69, 9.17) is 4.74 Å². The van der Waals surface area contributed by atoms with Crippen molar-refractivity contribution in [3.05, 3.63) is 53.6 Å². The Morgan fingerprint density at radius 2 is 2.25 bits per heavy atom. The molecule has 2 aromatic rings. The van der Waals surface area contributed by atoms with Gasteiger partial charge in [-0.3, -0.25) is 4.98 Å². The molecule has 0 saturated carbocycles. The van der Waals surface area contributed by atoms with Crippen LogP contribution in [-0.4, -0.2) is 22.6 Å². The Kier molecular flexibility index (Phi) is 3.09. The van der Waals surface area contributed by atoms with Crippen molar-refractivity contribution in [3.8, 4) is 0 Å². The van der Waals surface area contributed by atoms with Gasteiger partial charge in [0.2, 0.25) is 0 Å². The van der Waals surface area contributed by atoms with E-state index in [2.05, 4.69) is 29.5 Å². The highest BCUT2D eigenvalue weighted by atomic mass is 32.2. The lowest BCUT2D eigenvalue weighted by atomic mass is 10.1. The predicted octanol–water partition coefficient (Wildman–Crippen LogP) is 3.20. The highest BCUT2D eigenvalue weighted by Gasteiger charge is 2.41. The number of carbonyl (C=O) groups excluding carboxylic acids is 1. The molecular weight excluding hydrogens is 272 g/mol. The Bertz CT molecular complexity index is 649. The van der Waals surface area contributed by atoms with Gasteiger partial charge in [-0.25, -0.2) is 4.79 Å². The van der Waals surface area contributed by atoms with Crippen molar-refractivity contribution in [2.75, 3.05) is 7.11 Å². The maximum atomic E-state index is 11.9. The van der Waals surface area contributed by atoms with Gasteiger partial charge in [0.15, 0.2) is 0 Å². The molecule has 1 atom stereocenters. The molecule has 1 unspecified atom stereocenters. The number of nitrogens with zero attached hydrogens (tertiary/aromatic N) is 2. The Hall–Kier alpha value is -1.75. The molecule has 104 valence electrons. The van der Waals surface area contributed by atoms with Crippen molar-refractivity contribution < 1.29 is 9.53 Å². The summed E-state index contributed by atoms with van der Waals surface area (Å²) in [7, 11) is 1.42. The quantitative estimate of drug-likeness (QED) is 0.796. The van der Waals surface area contributed by atoms with E-state index < -0.39 is 0 Å². The molecule has 0 spiro atoms. The Morgan fingerprint density at radius 1 is 1.45 bits per heavy atom. The summed E-state index contributed by atoms with van der Waals surface area (Å²) < 4.78 is 6.88. The fraction of sp³-hybridized carbons (Fsp3) is 0.333. The van der Waals surface area contributed by atoms with Crippen molar-refractivity contribution in [3.63, 3.8) is 0 Å². The van der Waals surface area contributed by atoms with Crippen molar-refractivity contribution >= 4 is 17.7 Å². The maximum Gasteiger partial charge on any atom is 0.339 e. The number of hydrogen-bond donors (Lipinski definition) is 0. The maximum absolute atomic E-state index is 11.9. The highest BCUT2D eigenvalue weighted by Crippen LogP contribution is 2.54. The molecule has 0 amide bonds. The molecule has 0 radical (unpaired) electrons. The molecule has 5 heteroatoms. The lowest BCUT2D eigenvalue weighted by Gasteiger charge is -2.18. The van der Waals surface area contributed by atoms with Crippen LogP contribution in [0, 0.1) is 0 Å². The zero-order valence-electron chi connectivity index (χ0n) is 11.7. The molecule has 3 heterocycles. The Labute approximate surface area is 122 Å². The third-order valence-corrected chi connectivity index (χ3v) is 5.02. The SMILES string of the molecule is COC(=O)c1ccn2c1C(C)(C)SC2c1cccnc1. The number of carbonyl (C=O) groups is 1. The van der Waals surface area contributed by atoms with Crippen LogP contribution in [0.25, 0.3) is 0 Å². The van der Waals surface area contributed by atoms with Gasteiger partial charge in [-0.1, -0.05) is 6.07 Å². The second-order valence-corrected chi connectivity index (χ2v) is 6.95. The van der Waals surface area contributed by atoms with Crippen LogP contribution in [0.5, 0.6) is 0 Å². The number of esters is 1. The Balaban J connectivity index is 2.11. The zero-order chi connectivity index (χ0) is 14.3. The van der Waals surface area contributed by atoms with E-state index in [1.807, 2.05) is 36.3 Å². The molecule has 1 aliphatic heterocycles. The second-order valence-electron chi connectivity index (χ2n) is 5.24. The fourth-order valence-electron chi connectivity index (χ4n) is 2.70. The molecule has 0 fully saturated rings. The largest absolute Gasteiger partial charge is 0.465 e. The molecule has 0 N–H and O–H groups in total. The first-order chi connectivity index (χ1) is 9.54. The smallest absolute Gasteiger partial charge is 0.339 e. The predicted molar refractivity (Wildman–Crippen MR) is 78.8 cm³/mol. The van der Waals surface area contributed by atoms with E-state index in [9.17, 15) is 4.79 Å². The van der Waals surface area contributed by atoms with Gasteiger partial charge in [0, 0.05) is 29.8 Å². The molecule has 2 aromatic heterocycles. The van der Waals surface area contributed by atoms with E-state index in [-0.39, 0.29) is 16.1 Å². The number of aromatic nitrogens is 2. The number of hydrogen-bond acceptors (Lipinski definition) is 4. The number of pyridine rings is 1. The van der Waals surface area contributed by atoms with E-state index in [0.717, 1.165) is 11.3 Å². The first-order valence-corrected chi connectivity index (χ1v) is 7.30. The topological polar surface area (TPSA) is 44.1 Å². The first-order valence-electron chi connectivity index (χ1n) is 6.42. The van der Waals surface area contributed by atoms with Gasteiger partial charge in [0.25, 0.3) is 0 Å². The van der Waals surface area contributed by atoms with Crippen molar-refractivity contribution in [1.82, 2.24) is 9.55 Å². The average Bonchev–Trinajstić information content (AvgIpc) is 2.99. The zero-order valence-corrected chi connectivity index (χ0v) is 12.5. The molecule has 0 bridgehead atoms. The summed E-state index contributed by atoms with van der Waals surface area (Å²) in [6, 6.07) is 5.84. The minimum absolute atomic E-state index is 0.145. The molecule has 0 aliphatic carbocycles. The third-order valence-electron chi connectivity index (χ3n) is 3.52. The minimum atomic E-state index is -0.278. The monoisotopic (exact) mass is 288 g/mol. The van der Waals surface area contributed by atoms with Gasteiger partial charge in [0.05, 0.1) is 17.4 Å². The van der Waals surface area contributed by atoms with Gasteiger partial charge in [-0.2, -0.15) is 0 Å². The van der Waals surface area contributed by atoms with E-state index >= 15 is 0 Å². The number of thioether (sulfide) groups is 1. The lowest BCUT2D eigenvalue weighted by molar-refractivity contribution is 0.0598. The third kappa shape index (κ3) is 1.93. The van der Waals surface area contributed by atoms with Crippen LogP contribution >= 0.6 is 11.8 Å². The summed E-state index contributed by atoms with van der Waals surface area (Å²) in [5.41, 5.74) is 2.80. The van der Waals surface area contributed by atoms with E-state index in [1.54, 1.807) is 6.20 Å². The lowest BCUT2D eigenvalue weighted by Crippen LogP contribution is -2.14. The molecule has 0 aromatic carbocycles. The van der Waals surface area contributed by atoms with Crippen LogP contribution in [0.1, 0.15) is 40.8 Å². The normalized spacial score (nSPS) is 19.6. The summed E-state index contributed by atoms with van der Waals surface area (Å²) in [6.07, 6.45) is 5.60. The van der Waals surface area contributed by atoms with Crippen molar-refractivity contribution in [2.45, 2.75) is 24.0 Å². The second kappa shape index (κ2) is 4.66. The summed E-state index contributed by atoms with van der Waals surface area (Å²) in [4.78, 5) is 16.1. The van der Waals surface area contributed by atoms with Crippen LogP contribution in [0.15, 0.2) is 36.8 Å². The van der Waals surface area contributed by atoms with Gasteiger partial charge >= 0.3 is 5.97 Å². The standard InChI is InChI=1S/C15H16N2O2S/c1-15(2)12-11(14(18)19-3)6-8-17(12)13(20-15)10-5-4-7-16-9-10/h4-9,13H,1-3H3. The van der Waals surface area contributed by atoms with Gasteiger partial charge < -0.3 is 9.30 Å². The van der Waals surface area contributed by atoms with Crippen LogP contribution in [0.2, 0.25) is 0 Å². The van der Waals surface area contributed by atoms with Gasteiger partial charge in [-0.15, -0.1) is 11.8 Å². The summed E-state index contributed by atoms with van der Waals surface area (Å²) in [5, 5.41) is 0.145. The number of rotatable bonds is 2. The summed E-state index contributed by atoms with van der Waals surface area (Å²) in [5.74, 6) is -0.278. The number of fused-ring (bicyclic) bond motifs is 1. The average molecular weight is 288 g/mol. The molecule has 20 heavy (non-hydrogen) atoms. The van der Waals surface area contributed by atoms with E-state index in [1.165, 1.54) is 7.11 Å². The fourth-order valence-corrected chi connectivity index (χ4v) is 4.14. The molecule has 0 saturated heterocycles. The minimum Gasteiger partial charge on any atom is -0.465 e. The van der Waals surface area contributed by atoms with Crippen LogP contribution in [-0.2, 0) is 9.48 Å². The molecule has 4 nitrogen and oxygen atoms in total. The van der Waals surface area contributed by atoms with Gasteiger partial charge in [-0.05, 0) is 26.0 Å². The van der Waals surface area contributed by atoms with Crippen LogP contribution in [0.3, 0.4) is 0 Å². The molecule has 3 rings (SSSR count). The number of methoxy groups -OCH3 is 1. The Morgan fingerprint density at radius 3 is 2.90 bits per heavy atom. The van der Waals surface area contributed by atoms with Crippen molar-refractivity contribution in [2.24, 2.45) is 0 Å². The molecule has 1 aliphatic rings. The summed E-state index contributed by atoms with van der Waals surface area (Å²) >= 11 is 1.81. The van der Waals surface area contributed by atoms with Crippen LogP contribution < -0.4 is 0 Å². The number of ether oxygens (including phenoxy) is 1. The summed E-state index contributed by atoms with van der Waals surface area (Å²) in [6.45, 7) is 4.26. The van der Waals surface area contributed by atoms with Crippen molar-refractivity contribution in [1.29, 1.82) is 0 Å². The van der Waals surface area contributed by atoms with Crippen LogP contribution in [0.4, 0.5) is 0 Å². The van der Waals surface area contributed by atoms with Gasteiger partial charge in [0.1, 0.15) is 5.37 Å². The highest BCUT2D eigenvalue weighted by molar-refractivity contribution is 8.00. The molecular formula is C15H16N2O2S. The first kappa shape index (κ1) is 13.2.